The average Bonchev–Trinajstić information content (AvgIpc) is 3.24. The van der Waals surface area contributed by atoms with E-state index in [1.165, 1.54) is 0 Å². The fourth-order valence-electron chi connectivity index (χ4n) is 3.72. The third kappa shape index (κ3) is 4.41. The Morgan fingerprint density at radius 1 is 1.17 bits per heavy atom. The Morgan fingerprint density at radius 3 is 2.60 bits per heavy atom. The average molecular weight is 412 g/mol. The molecule has 0 aliphatic carbocycles. The van der Waals surface area contributed by atoms with Crippen molar-refractivity contribution in [3.63, 3.8) is 0 Å². The van der Waals surface area contributed by atoms with Crippen molar-refractivity contribution in [2.45, 2.75) is 19.4 Å². The molecule has 3 aromatic rings. The van der Waals surface area contributed by atoms with Gasteiger partial charge >= 0.3 is 0 Å². The fraction of sp³-hybridized carbons (Fsp3) is 0.304. The molecule has 1 saturated heterocycles. The number of aromatic nitrogens is 1. The van der Waals surface area contributed by atoms with Gasteiger partial charge in [0.25, 0.3) is 0 Å². The molecule has 0 spiro atoms. The highest BCUT2D eigenvalue weighted by Gasteiger charge is 2.28. The van der Waals surface area contributed by atoms with Gasteiger partial charge in [0, 0.05) is 11.5 Å². The number of carbonyl (C=O) groups is 1. The summed E-state index contributed by atoms with van der Waals surface area (Å²) in [7, 11) is 1.62. The van der Waals surface area contributed by atoms with E-state index in [0.717, 1.165) is 29.5 Å². The van der Waals surface area contributed by atoms with Crippen LogP contribution >= 0.6 is 0 Å². The maximum absolute atomic E-state index is 13.9. The first-order valence-electron chi connectivity index (χ1n) is 9.84. The summed E-state index contributed by atoms with van der Waals surface area (Å²) in [5, 5.41) is 0. The Kier molecular flexibility index (Phi) is 5.90. The predicted octanol–water partition coefficient (Wildman–Crippen LogP) is 4.72. The van der Waals surface area contributed by atoms with E-state index in [0.29, 0.717) is 44.1 Å². The second-order valence-electron chi connectivity index (χ2n) is 7.39. The van der Waals surface area contributed by atoms with Crippen LogP contribution in [-0.2, 0) is 6.54 Å². The lowest BCUT2D eigenvalue weighted by Gasteiger charge is -2.30. The van der Waals surface area contributed by atoms with Crippen molar-refractivity contribution in [2.24, 2.45) is 5.92 Å². The summed E-state index contributed by atoms with van der Waals surface area (Å²) in [6.45, 7) is 1.85. The van der Waals surface area contributed by atoms with Crippen LogP contribution in [0, 0.1) is 17.6 Å². The molecule has 1 aromatic heterocycles. The smallest absolute Gasteiger partial charge is 0.209 e. The van der Waals surface area contributed by atoms with Crippen molar-refractivity contribution in [3.05, 3.63) is 71.8 Å². The highest BCUT2D eigenvalue weighted by Crippen LogP contribution is 2.26. The lowest BCUT2D eigenvalue weighted by molar-refractivity contribution is 0.0823. The van der Waals surface area contributed by atoms with E-state index in [1.807, 2.05) is 24.3 Å². The molecule has 0 saturated carbocycles. The van der Waals surface area contributed by atoms with Crippen molar-refractivity contribution >= 4 is 5.78 Å². The molecular formula is C23H22F2N2O3. The molecule has 0 atom stereocenters. The number of ether oxygens (including phenoxy) is 1. The van der Waals surface area contributed by atoms with Crippen LogP contribution in [0.5, 0.6) is 5.75 Å². The number of ketones is 1. The summed E-state index contributed by atoms with van der Waals surface area (Å²) in [5.41, 5.74) is 0.751. The minimum Gasteiger partial charge on any atom is -0.497 e. The Hall–Kier alpha value is -3.06. The van der Waals surface area contributed by atoms with E-state index in [2.05, 4.69) is 9.88 Å². The summed E-state index contributed by atoms with van der Waals surface area (Å²) >= 11 is 0. The number of nitrogens with zero attached hydrogens (tertiary/aromatic N) is 2. The number of rotatable bonds is 6. The molecule has 156 valence electrons. The van der Waals surface area contributed by atoms with Gasteiger partial charge in [0.05, 0.1) is 25.4 Å². The topological polar surface area (TPSA) is 55.6 Å². The third-order valence-electron chi connectivity index (χ3n) is 5.44. The number of methoxy groups -OCH3 is 1. The maximum Gasteiger partial charge on any atom is 0.209 e. The summed E-state index contributed by atoms with van der Waals surface area (Å²) in [5.74, 6) is 0.139. The molecule has 2 heterocycles. The summed E-state index contributed by atoms with van der Waals surface area (Å²) < 4.78 is 38.3. The van der Waals surface area contributed by atoms with E-state index < -0.39 is 11.6 Å². The van der Waals surface area contributed by atoms with Crippen LogP contribution in [0.15, 0.2) is 53.1 Å². The number of likely N-dealkylation sites (tertiary alicyclic amines) is 1. The van der Waals surface area contributed by atoms with Crippen LogP contribution in [0.25, 0.3) is 11.3 Å². The molecule has 1 fully saturated rings. The van der Waals surface area contributed by atoms with Crippen LogP contribution in [-0.4, -0.2) is 35.9 Å². The zero-order chi connectivity index (χ0) is 21.1. The van der Waals surface area contributed by atoms with Crippen molar-refractivity contribution in [1.82, 2.24) is 9.88 Å². The quantitative estimate of drug-likeness (QED) is 0.548. The van der Waals surface area contributed by atoms with Crippen LogP contribution in [0.1, 0.15) is 29.1 Å². The van der Waals surface area contributed by atoms with Gasteiger partial charge in [-0.3, -0.25) is 9.69 Å². The fourth-order valence-corrected chi connectivity index (χ4v) is 3.72. The van der Waals surface area contributed by atoms with E-state index in [-0.39, 0.29) is 17.3 Å². The molecular weight excluding hydrogens is 390 g/mol. The first-order chi connectivity index (χ1) is 14.5. The van der Waals surface area contributed by atoms with Gasteiger partial charge in [-0.15, -0.1) is 0 Å². The number of halogens is 2. The van der Waals surface area contributed by atoms with Crippen molar-refractivity contribution < 1.29 is 22.7 Å². The Labute approximate surface area is 173 Å². The maximum atomic E-state index is 13.9. The third-order valence-corrected chi connectivity index (χ3v) is 5.44. The van der Waals surface area contributed by atoms with Crippen LogP contribution in [0.4, 0.5) is 8.78 Å². The van der Waals surface area contributed by atoms with Gasteiger partial charge < -0.3 is 9.15 Å². The van der Waals surface area contributed by atoms with Gasteiger partial charge in [0.15, 0.2) is 11.5 Å². The molecule has 4 rings (SSSR count). The highest BCUT2D eigenvalue weighted by molar-refractivity contribution is 5.98. The number of hydrogen-bond donors (Lipinski definition) is 0. The SMILES string of the molecule is COc1ccc(-c2cnc(CN3CCC(C(=O)c4cc(F)ccc4F)CC3)o2)cc1. The second-order valence-corrected chi connectivity index (χ2v) is 7.39. The number of oxazole rings is 1. The highest BCUT2D eigenvalue weighted by atomic mass is 19.1. The Morgan fingerprint density at radius 2 is 1.90 bits per heavy atom. The van der Waals surface area contributed by atoms with Gasteiger partial charge in [-0.25, -0.2) is 13.8 Å². The Balaban J connectivity index is 1.34. The molecule has 1 aliphatic heterocycles. The van der Waals surface area contributed by atoms with Gasteiger partial charge in [-0.1, -0.05) is 0 Å². The van der Waals surface area contributed by atoms with Gasteiger partial charge in [-0.2, -0.15) is 0 Å². The number of benzene rings is 2. The summed E-state index contributed by atoms with van der Waals surface area (Å²) in [6.07, 6.45) is 2.86. The first kappa shape index (κ1) is 20.2. The molecule has 7 heteroatoms. The molecule has 0 N–H and O–H groups in total. The van der Waals surface area contributed by atoms with Gasteiger partial charge in [-0.05, 0) is 68.4 Å². The van der Waals surface area contributed by atoms with E-state index >= 15 is 0 Å². The van der Waals surface area contributed by atoms with Crippen molar-refractivity contribution in [1.29, 1.82) is 0 Å². The first-order valence-corrected chi connectivity index (χ1v) is 9.84. The molecule has 0 unspecified atom stereocenters. The minimum atomic E-state index is -0.672. The summed E-state index contributed by atoms with van der Waals surface area (Å²) in [4.78, 5) is 19.1. The van der Waals surface area contributed by atoms with Gasteiger partial charge in [0.1, 0.15) is 17.4 Å². The van der Waals surface area contributed by atoms with E-state index in [1.54, 1.807) is 13.3 Å². The van der Waals surface area contributed by atoms with Gasteiger partial charge in [0.2, 0.25) is 5.89 Å². The second kappa shape index (κ2) is 8.75. The molecule has 1 aliphatic rings. The van der Waals surface area contributed by atoms with Crippen LogP contribution in [0.3, 0.4) is 0 Å². The van der Waals surface area contributed by atoms with E-state index in [4.69, 9.17) is 9.15 Å². The lowest BCUT2D eigenvalue weighted by atomic mass is 9.88. The number of Topliss-reactive ketones (excluding diaryl/α,β-unsaturated/α-hetero) is 1. The molecule has 30 heavy (non-hydrogen) atoms. The van der Waals surface area contributed by atoms with Crippen LogP contribution in [0.2, 0.25) is 0 Å². The van der Waals surface area contributed by atoms with E-state index in [9.17, 15) is 13.6 Å². The zero-order valence-corrected chi connectivity index (χ0v) is 16.6. The zero-order valence-electron chi connectivity index (χ0n) is 16.6. The van der Waals surface area contributed by atoms with Crippen molar-refractivity contribution in [3.8, 4) is 17.1 Å². The monoisotopic (exact) mass is 412 g/mol. The minimum absolute atomic E-state index is 0.162. The van der Waals surface area contributed by atoms with Crippen molar-refractivity contribution in [2.75, 3.05) is 20.2 Å². The molecule has 0 bridgehead atoms. The molecule has 0 amide bonds. The lowest BCUT2D eigenvalue weighted by Crippen LogP contribution is -2.36. The number of hydrogen-bond acceptors (Lipinski definition) is 5. The normalized spacial score (nSPS) is 15.3. The number of piperidine rings is 1. The van der Waals surface area contributed by atoms with Crippen LogP contribution < -0.4 is 4.74 Å². The largest absolute Gasteiger partial charge is 0.497 e. The number of carbonyl (C=O) groups excluding carboxylic acids is 1. The standard InChI is InChI=1S/C23H22F2N2O3/c1-29-18-5-2-15(3-6-18)21-13-26-22(30-21)14-27-10-8-16(9-11-27)23(28)19-12-17(24)4-7-20(19)25/h2-7,12-13,16H,8-11,14H2,1H3. The molecule has 5 nitrogen and oxygen atoms in total. The molecule has 0 radical (unpaired) electrons. The Bertz CT molecular complexity index is 1030. The predicted molar refractivity (Wildman–Crippen MR) is 107 cm³/mol. The summed E-state index contributed by atoms with van der Waals surface area (Å²) in [6, 6.07) is 10.5. The molecule has 2 aromatic carbocycles.